The van der Waals surface area contributed by atoms with Gasteiger partial charge in [0.1, 0.15) is 18.2 Å². The molecule has 1 aromatic carbocycles. The summed E-state index contributed by atoms with van der Waals surface area (Å²) in [7, 11) is 0. The molecule has 0 aliphatic heterocycles. The summed E-state index contributed by atoms with van der Waals surface area (Å²) in [5.41, 5.74) is 2.29. The number of carbonyl (C=O) groups is 1. The van der Waals surface area contributed by atoms with E-state index in [1.807, 2.05) is 22.9 Å². The molecule has 0 saturated heterocycles. The predicted molar refractivity (Wildman–Crippen MR) is 80.3 cm³/mol. The van der Waals surface area contributed by atoms with E-state index >= 15 is 0 Å². The summed E-state index contributed by atoms with van der Waals surface area (Å²) >= 11 is 5.87. The van der Waals surface area contributed by atoms with E-state index in [1.165, 1.54) is 29.8 Å². The Hall–Kier alpha value is -2.31. The highest BCUT2D eigenvalue weighted by Gasteiger charge is 2.04. The molecular weight excluding hydrogens is 311 g/mol. The van der Waals surface area contributed by atoms with Crippen LogP contribution in [0.5, 0.6) is 5.75 Å². The number of nitrogens with zero attached hydrogens (tertiary/aromatic N) is 1. The largest absolute Gasteiger partial charge is 0.490 e. The lowest BCUT2D eigenvalue weighted by atomic mass is 10.3. The first-order valence-corrected chi connectivity index (χ1v) is 6.83. The van der Waals surface area contributed by atoms with E-state index in [4.69, 9.17) is 21.5 Å². The molecule has 0 atom stereocenters. The average molecular weight is 325 g/mol. The van der Waals surface area contributed by atoms with Gasteiger partial charge in [0.15, 0.2) is 0 Å². The Kier molecular flexibility index (Phi) is 5.57. The second-order valence-corrected chi connectivity index (χ2v) is 4.77. The van der Waals surface area contributed by atoms with Gasteiger partial charge < -0.3 is 9.30 Å². The van der Waals surface area contributed by atoms with E-state index < -0.39 is 11.7 Å². The van der Waals surface area contributed by atoms with E-state index in [0.29, 0.717) is 18.9 Å². The number of halogens is 2. The monoisotopic (exact) mass is 324 g/mol. The van der Waals surface area contributed by atoms with Gasteiger partial charge in [-0.15, -0.1) is 0 Å². The summed E-state index contributed by atoms with van der Waals surface area (Å²) in [5.74, 6) is -0.619. The van der Waals surface area contributed by atoms with Crippen molar-refractivity contribution in [1.82, 2.24) is 10.0 Å². The first-order valence-electron chi connectivity index (χ1n) is 6.45. The number of carbonyl (C=O) groups excluding carboxylic acids is 1. The van der Waals surface area contributed by atoms with Crippen molar-refractivity contribution in [3.8, 4) is 5.75 Å². The number of hydroxylamine groups is 1. The number of hydrogen-bond donors (Lipinski definition) is 2. The SMILES string of the molecule is O=C(C=Cc1cccn1CCOc1ccc(F)cc1Cl)NO. The van der Waals surface area contributed by atoms with Crippen molar-refractivity contribution in [2.75, 3.05) is 6.61 Å². The van der Waals surface area contributed by atoms with Gasteiger partial charge in [-0.25, -0.2) is 9.87 Å². The molecule has 0 fully saturated rings. The fourth-order valence-electron chi connectivity index (χ4n) is 1.83. The third-order valence-corrected chi connectivity index (χ3v) is 3.16. The van der Waals surface area contributed by atoms with Crippen LogP contribution < -0.4 is 10.2 Å². The fraction of sp³-hybridized carbons (Fsp3) is 0.133. The molecule has 0 aliphatic rings. The molecule has 2 aromatic rings. The maximum absolute atomic E-state index is 12.9. The van der Waals surface area contributed by atoms with Crippen LogP contribution in [0.4, 0.5) is 4.39 Å². The molecular formula is C15H14ClFN2O3. The Bertz CT molecular complexity index is 685. The molecule has 116 valence electrons. The minimum Gasteiger partial charge on any atom is -0.490 e. The van der Waals surface area contributed by atoms with Gasteiger partial charge in [-0.3, -0.25) is 10.0 Å². The molecule has 1 aromatic heterocycles. The van der Waals surface area contributed by atoms with Gasteiger partial charge in [-0.2, -0.15) is 0 Å². The molecule has 2 rings (SSSR count). The van der Waals surface area contributed by atoms with Crippen LogP contribution in [-0.4, -0.2) is 22.3 Å². The van der Waals surface area contributed by atoms with Crippen molar-refractivity contribution in [2.24, 2.45) is 0 Å². The van der Waals surface area contributed by atoms with Crippen LogP contribution in [0.2, 0.25) is 5.02 Å². The van der Waals surface area contributed by atoms with Crippen molar-refractivity contribution in [3.05, 3.63) is 59.1 Å². The van der Waals surface area contributed by atoms with Crippen LogP contribution in [0, 0.1) is 5.82 Å². The fourth-order valence-corrected chi connectivity index (χ4v) is 2.05. The molecule has 1 amide bonds. The Labute approximate surface area is 131 Å². The van der Waals surface area contributed by atoms with Crippen LogP contribution in [0.25, 0.3) is 6.08 Å². The van der Waals surface area contributed by atoms with Crippen molar-refractivity contribution >= 4 is 23.6 Å². The van der Waals surface area contributed by atoms with Gasteiger partial charge in [0, 0.05) is 18.0 Å². The number of nitrogens with one attached hydrogen (secondary N) is 1. The van der Waals surface area contributed by atoms with Crippen molar-refractivity contribution in [3.63, 3.8) is 0 Å². The second kappa shape index (κ2) is 7.63. The Morgan fingerprint density at radius 3 is 3.00 bits per heavy atom. The molecule has 0 unspecified atom stereocenters. The lowest BCUT2D eigenvalue weighted by Crippen LogP contribution is -2.15. The molecule has 0 aliphatic carbocycles. The first-order chi connectivity index (χ1) is 10.6. The molecule has 22 heavy (non-hydrogen) atoms. The van der Waals surface area contributed by atoms with Gasteiger partial charge in [0.2, 0.25) is 0 Å². The zero-order valence-corrected chi connectivity index (χ0v) is 12.3. The molecule has 0 bridgehead atoms. The maximum atomic E-state index is 12.9. The van der Waals surface area contributed by atoms with Crippen LogP contribution in [0.15, 0.2) is 42.6 Å². The lowest BCUT2D eigenvalue weighted by Gasteiger charge is -2.10. The van der Waals surface area contributed by atoms with Gasteiger partial charge >= 0.3 is 0 Å². The summed E-state index contributed by atoms with van der Waals surface area (Å²) in [6, 6.07) is 7.57. The Balaban J connectivity index is 1.94. The summed E-state index contributed by atoms with van der Waals surface area (Å²) in [5, 5.41) is 8.64. The lowest BCUT2D eigenvalue weighted by molar-refractivity contribution is -0.124. The van der Waals surface area contributed by atoms with Crippen molar-refractivity contribution in [1.29, 1.82) is 0 Å². The molecule has 5 nitrogen and oxygen atoms in total. The topological polar surface area (TPSA) is 63.5 Å². The molecule has 2 N–H and O–H groups in total. The van der Waals surface area contributed by atoms with Crippen LogP contribution in [-0.2, 0) is 11.3 Å². The summed E-state index contributed by atoms with van der Waals surface area (Å²) in [6.07, 6.45) is 4.60. The van der Waals surface area contributed by atoms with Crippen LogP contribution >= 0.6 is 11.6 Å². The van der Waals surface area contributed by atoms with Crippen LogP contribution in [0.3, 0.4) is 0 Å². The number of hydrogen-bond acceptors (Lipinski definition) is 3. The Morgan fingerprint density at radius 2 is 2.27 bits per heavy atom. The van der Waals surface area contributed by atoms with Crippen molar-refractivity contribution < 1.29 is 19.1 Å². The number of rotatable bonds is 6. The normalized spacial score (nSPS) is 10.9. The number of ether oxygens (including phenoxy) is 1. The Morgan fingerprint density at radius 1 is 1.45 bits per heavy atom. The van der Waals surface area contributed by atoms with Gasteiger partial charge in [-0.1, -0.05) is 11.6 Å². The number of amides is 1. The molecule has 0 spiro atoms. The van der Waals surface area contributed by atoms with E-state index in [-0.39, 0.29) is 5.02 Å². The van der Waals surface area contributed by atoms with Gasteiger partial charge in [-0.05, 0) is 36.4 Å². The van der Waals surface area contributed by atoms with E-state index in [0.717, 1.165) is 5.69 Å². The minimum atomic E-state index is -0.609. The van der Waals surface area contributed by atoms with Gasteiger partial charge in [0.05, 0.1) is 11.6 Å². The third kappa shape index (κ3) is 4.34. The summed E-state index contributed by atoms with van der Waals surface area (Å²) in [4.78, 5) is 11.0. The minimum absolute atomic E-state index is 0.215. The standard InChI is InChI=1S/C15H14ClFN2O3/c16-13-10-11(17)3-5-14(13)22-9-8-19-7-1-2-12(19)4-6-15(20)18-21/h1-7,10,21H,8-9H2,(H,18,20). The molecule has 0 radical (unpaired) electrons. The zero-order valence-electron chi connectivity index (χ0n) is 11.5. The quantitative estimate of drug-likeness (QED) is 0.488. The van der Waals surface area contributed by atoms with E-state index in [1.54, 1.807) is 6.08 Å². The number of aromatic nitrogens is 1. The highest BCUT2D eigenvalue weighted by atomic mass is 35.5. The third-order valence-electron chi connectivity index (χ3n) is 2.86. The van der Waals surface area contributed by atoms with E-state index in [9.17, 15) is 9.18 Å². The zero-order chi connectivity index (χ0) is 15.9. The molecule has 0 saturated carbocycles. The van der Waals surface area contributed by atoms with Gasteiger partial charge in [0.25, 0.3) is 5.91 Å². The molecule has 1 heterocycles. The predicted octanol–water partition coefficient (Wildman–Crippen LogP) is 2.88. The van der Waals surface area contributed by atoms with Crippen molar-refractivity contribution in [2.45, 2.75) is 6.54 Å². The molecule has 7 heteroatoms. The highest BCUT2D eigenvalue weighted by molar-refractivity contribution is 6.32. The number of benzene rings is 1. The first kappa shape index (κ1) is 16.1. The average Bonchev–Trinajstić information content (AvgIpc) is 2.94. The van der Waals surface area contributed by atoms with Crippen LogP contribution in [0.1, 0.15) is 5.69 Å². The summed E-state index contributed by atoms with van der Waals surface area (Å²) < 4.78 is 20.3. The summed E-state index contributed by atoms with van der Waals surface area (Å²) in [6.45, 7) is 0.841. The highest BCUT2D eigenvalue weighted by Crippen LogP contribution is 2.24. The maximum Gasteiger partial charge on any atom is 0.267 e. The van der Waals surface area contributed by atoms with E-state index in [2.05, 4.69) is 0 Å². The second-order valence-electron chi connectivity index (χ2n) is 4.36. The smallest absolute Gasteiger partial charge is 0.267 e.